The molecular weight excluding hydrogens is 498 g/mol. The predicted octanol–water partition coefficient (Wildman–Crippen LogP) is 9.45. The smallest absolute Gasteiger partial charge is 0.164 e. The molecule has 0 amide bonds. The molecule has 8 aromatic rings. The number of furan rings is 1. The van der Waals surface area contributed by atoms with Gasteiger partial charge in [-0.2, -0.15) is 0 Å². The Hall–Kier alpha value is -4.87. The molecule has 0 aliphatic heterocycles. The van der Waals surface area contributed by atoms with Crippen molar-refractivity contribution in [2.24, 2.45) is 0 Å². The Morgan fingerprint density at radius 1 is 0.538 bits per heavy atom. The van der Waals surface area contributed by atoms with E-state index in [4.69, 9.17) is 19.4 Å². The van der Waals surface area contributed by atoms with Crippen LogP contribution in [0.4, 0.5) is 0 Å². The van der Waals surface area contributed by atoms with Gasteiger partial charge in [-0.05, 0) is 37.3 Å². The van der Waals surface area contributed by atoms with E-state index in [0.29, 0.717) is 17.5 Å². The number of fused-ring (bicyclic) bond motifs is 6. The van der Waals surface area contributed by atoms with Gasteiger partial charge in [0.1, 0.15) is 11.2 Å². The van der Waals surface area contributed by atoms with E-state index >= 15 is 0 Å². The number of nitrogens with zero attached hydrogens (tertiary/aromatic N) is 3. The lowest BCUT2D eigenvalue weighted by Gasteiger charge is -2.10. The summed E-state index contributed by atoms with van der Waals surface area (Å²) in [5.74, 6) is 1.94. The molecule has 3 heterocycles. The molecule has 0 radical (unpaired) electrons. The lowest BCUT2D eigenvalue weighted by molar-refractivity contribution is 0.669. The van der Waals surface area contributed by atoms with Crippen LogP contribution in [0.5, 0.6) is 0 Å². The Bertz CT molecular complexity index is 2190. The third-order valence-corrected chi connectivity index (χ3v) is 8.34. The van der Waals surface area contributed by atoms with Crippen LogP contribution in [0.1, 0.15) is 5.56 Å². The maximum Gasteiger partial charge on any atom is 0.164 e. The van der Waals surface area contributed by atoms with E-state index in [1.54, 1.807) is 11.3 Å². The molecule has 5 aromatic carbocycles. The van der Waals surface area contributed by atoms with Crippen LogP contribution in [0, 0.1) is 6.92 Å². The SMILES string of the molecule is Cc1ccc2sc3cccc(-c4nc(-c5ccccc5)nc(-c5cccc6oc7ccccc7c56)n4)c3c2c1. The van der Waals surface area contributed by atoms with Crippen LogP contribution in [0.15, 0.2) is 114 Å². The predicted molar refractivity (Wildman–Crippen MR) is 161 cm³/mol. The van der Waals surface area contributed by atoms with Gasteiger partial charge in [0, 0.05) is 47.6 Å². The first kappa shape index (κ1) is 22.1. The Morgan fingerprint density at radius 2 is 1.23 bits per heavy atom. The van der Waals surface area contributed by atoms with Crippen LogP contribution in [0.3, 0.4) is 0 Å². The third-order valence-electron chi connectivity index (χ3n) is 7.20. The average molecular weight is 520 g/mol. The van der Waals surface area contributed by atoms with Gasteiger partial charge < -0.3 is 4.42 Å². The molecule has 39 heavy (non-hydrogen) atoms. The zero-order valence-electron chi connectivity index (χ0n) is 21.1. The van der Waals surface area contributed by atoms with Crippen molar-refractivity contribution in [3.8, 4) is 34.2 Å². The zero-order chi connectivity index (χ0) is 25.9. The minimum atomic E-state index is 0.628. The van der Waals surface area contributed by atoms with E-state index in [1.807, 2.05) is 60.7 Å². The Balaban J connectivity index is 1.46. The van der Waals surface area contributed by atoms with Gasteiger partial charge in [0.15, 0.2) is 17.5 Å². The van der Waals surface area contributed by atoms with Crippen LogP contribution in [0.2, 0.25) is 0 Å². The van der Waals surface area contributed by atoms with E-state index in [-0.39, 0.29) is 0 Å². The lowest BCUT2D eigenvalue weighted by atomic mass is 10.0. The second-order valence-electron chi connectivity index (χ2n) is 9.73. The van der Waals surface area contributed by atoms with Gasteiger partial charge in [-0.25, -0.2) is 15.0 Å². The highest BCUT2D eigenvalue weighted by molar-refractivity contribution is 7.25. The van der Waals surface area contributed by atoms with Crippen molar-refractivity contribution in [2.45, 2.75) is 6.92 Å². The summed E-state index contributed by atoms with van der Waals surface area (Å²) >= 11 is 1.80. The molecule has 0 N–H and O–H groups in total. The van der Waals surface area contributed by atoms with Crippen LogP contribution in [0.25, 0.3) is 76.3 Å². The number of hydrogen-bond acceptors (Lipinski definition) is 5. The second-order valence-corrected chi connectivity index (χ2v) is 10.8. The summed E-state index contributed by atoms with van der Waals surface area (Å²) in [5, 5.41) is 4.48. The molecule has 3 aromatic heterocycles. The second kappa shape index (κ2) is 8.58. The Kier molecular flexibility index (Phi) is 4.87. The molecule has 5 heteroatoms. The van der Waals surface area contributed by atoms with Crippen molar-refractivity contribution < 1.29 is 4.42 Å². The Morgan fingerprint density at radius 3 is 2.08 bits per heavy atom. The standard InChI is InChI=1S/C34H21N3OS/c1-20-17-18-28-25(19-20)31-24(13-8-16-29(31)39-28)34-36-32(21-9-3-2-4-10-21)35-33(37-34)23-12-7-15-27-30(23)22-11-5-6-14-26(22)38-27/h2-19H,1H3. The molecule has 184 valence electrons. The van der Waals surface area contributed by atoms with E-state index in [9.17, 15) is 0 Å². The topological polar surface area (TPSA) is 51.8 Å². The third kappa shape index (κ3) is 3.55. The maximum absolute atomic E-state index is 6.18. The molecule has 0 unspecified atom stereocenters. The number of aromatic nitrogens is 3. The van der Waals surface area contributed by atoms with Crippen LogP contribution in [-0.4, -0.2) is 15.0 Å². The van der Waals surface area contributed by atoms with Gasteiger partial charge in [0.2, 0.25) is 0 Å². The molecule has 8 rings (SSSR count). The molecule has 0 aliphatic rings. The molecule has 0 atom stereocenters. The molecule has 0 aliphatic carbocycles. The van der Waals surface area contributed by atoms with Crippen LogP contribution < -0.4 is 0 Å². The summed E-state index contributed by atoms with van der Waals surface area (Å²) in [6.07, 6.45) is 0. The highest BCUT2D eigenvalue weighted by Crippen LogP contribution is 2.41. The highest BCUT2D eigenvalue weighted by atomic mass is 32.1. The minimum Gasteiger partial charge on any atom is -0.456 e. The lowest BCUT2D eigenvalue weighted by Crippen LogP contribution is -2.00. The number of benzene rings is 5. The zero-order valence-corrected chi connectivity index (χ0v) is 21.9. The van der Waals surface area contributed by atoms with Gasteiger partial charge in [0.05, 0.1) is 0 Å². The molecule has 0 fully saturated rings. The van der Waals surface area contributed by atoms with E-state index in [0.717, 1.165) is 38.6 Å². The summed E-state index contributed by atoms with van der Waals surface area (Å²) in [4.78, 5) is 15.2. The molecule has 0 saturated carbocycles. The summed E-state index contributed by atoms with van der Waals surface area (Å²) in [7, 11) is 0. The maximum atomic E-state index is 6.18. The first-order chi connectivity index (χ1) is 19.2. The first-order valence-corrected chi connectivity index (χ1v) is 13.7. The van der Waals surface area contributed by atoms with Crippen molar-refractivity contribution in [3.05, 3.63) is 115 Å². The largest absolute Gasteiger partial charge is 0.456 e. The van der Waals surface area contributed by atoms with Crippen LogP contribution >= 0.6 is 11.3 Å². The van der Waals surface area contributed by atoms with E-state index in [1.165, 1.54) is 25.7 Å². The van der Waals surface area contributed by atoms with Gasteiger partial charge >= 0.3 is 0 Å². The number of aryl methyl sites for hydroxylation is 1. The number of thiophene rings is 1. The Labute approximate surface area is 228 Å². The fourth-order valence-electron chi connectivity index (χ4n) is 5.42. The van der Waals surface area contributed by atoms with Gasteiger partial charge in [0.25, 0.3) is 0 Å². The summed E-state index contributed by atoms with van der Waals surface area (Å²) < 4.78 is 8.66. The summed E-state index contributed by atoms with van der Waals surface area (Å²) in [6, 6.07) is 37.3. The normalized spacial score (nSPS) is 11.7. The number of rotatable bonds is 3. The fraction of sp³-hybridized carbons (Fsp3) is 0.0294. The van der Waals surface area contributed by atoms with Gasteiger partial charge in [-0.1, -0.05) is 84.4 Å². The van der Waals surface area contributed by atoms with Crippen molar-refractivity contribution in [2.75, 3.05) is 0 Å². The van der Waals surface area contributed by atoms with Crippen molar-refractivity contribution in [1.82, 2.24) is 15.0 Å². The highest BCUT2D eigenvalue weighted by Gasteiger charge is 2.19. The molecule has 0 bridgehead atoms. The van der Waals surface area contributed by atoms with Crippen molar-refractivity contribution in [1.29, 1.82) is 0 Å². The van der Waals surface area contributed by atoms with Crippen molar-refractivity contribution in [3.63, 3.8) is 0 Å². The molecule has 4 nitrogen and oxygen atoms in total. The molecule has 0 spiro atoms. The quantitative estimate of drug-likeness (QED) is 0.233. The van der Waals surface area contributed by atoms with Gasteiger partial charge in [-0.3, -0.25) is 0 Å². The summed E-state index contributed by atoms with van der Waals surface area (Å²) in [5.41, 5.74) is 5.79. The first-order valence-electron chi connectivity index (χ1n) is 12.9. The van der Waals surface area contributed by atoms with Crippen molar-refractivity contribution >= 4 is 53.4 Å². The number of para-hydroxylation sites is 1. The average Bonchev–Trinajstić information content (AvgIpc) is 3.55. The number of hydrogen-bond donors (Lipinski definition) is 0. The fourth-order valence-corrected chi connectivity index (χ4v) is 6.53. The van der Waals surface area contributed by atoms with Crippen LogP contribution in [-0.2, 0) is 0 Å². The van der Waals surface area contributed by atoms with E-state index in [2.05, 4.69) is 55.5 Å². The summed E-state index contributed by atoms with van der Waals surface area (Å²) in [6.45, 7) is 2.13. The monoisotopic (exact) mass is 519 g/mol. The minimum absolute atomic E-state index is 0.628. The van der Waals surface area contributed by atoms with E-state index < -0.39 is 0 Å². The molecule has 0 saturated heterocycles. The molecular formula is C34H21N3OS. The van der Waals surface area contributed by atoms with Gasteiger partial charge in [-0.15, -0.1) is 11.3 Å².